The summed E-state index contributed by atoms with van der Waals surface area (Å²) in [5.74, 6) is 1.02. The molecule has 0 unspecified atom stereocenters. The van der Waals surface area contributed by atoms with Crippen molar-refractivity contribution in [2.45, 2.75) is 13.5 Å². The lowest BCUT2D eigenvalue weighted by Crippen LogP contribution is -2.55. The molecule has 134 valence electrons. The van der Waals surface area contributed by atoms with Crippen molar-refractivity contribution >= 4 is 23.0 Å². The number of amides is 2. The normalized spacial score (nSPS) is 18.8. The molecule has 2 saturated heterocycles. The number of carbonyl (C=O) groups excluding carboxylic acids is 1. The molecular formula is C18H25N5O2. The Labute approximate surface area is 147 Å². The predicted octanol–water partition coefficient (Wildman–Crippen LogP) is 1.63. The molecule has 0 saturated carbocycles. The second-order valence-corrected chi connectivity index (χ2v) is 6.50. The highest BCUT2D eigenvalue weighted by atomic mass is 16.5. The minimum absolute atomic E-state index is 0.145. The molecule has 1 aromatic carbocycles. The van der Waals surface area contributed by atoms with Gasteiger partial charge in [0.1, 0.15) is 0 Å². The van der Waals surface area contributed by atoms with Gasteiger partial charge in [0.15, 0.2) is 0 Å². The predicted molar refractivity (Wildman–Crippen MR) is 97.0 cm³/mol. The summed E-state index contributed by atoms with van der Waals surface area (Å²) in [7, 11) is 0. The second-order valence-electron chi connectivity index (χ2n) is 6.50. The summed E-state index contributed by atoms with van der Waals surface area (Å²) < 4.78 is 7.59. The van der Waals surface area contributed by atoms with Crippen LogP contribution in [0.1, 0.15) is 6.92 Å². The number of hydrogen-bond acceptors (Lipinski definition) is 4. The SMILES string of the molecule is CCn1c(N2CCN(C(=O)N3CCOCC3)CC2)nc2ccccc21. The molecule has 0 atom stereocenters. The van der Waals surface area contributed by atoms with E-state index < -0.39 is 0 Å². The summed E-state index contributed by atoms with van der Waals surface area (Å²) in [4.78, 5) is 23.6. The maximum Gasteiger partial charge on any atom is 0.320 e. The number of aromatic nitrogens is 2. The summed E-state index contributed by atoms with van der Waals surface area (Å²) in [6.07, 6.45) is 0. The number of urea groups is 1. The number of piperazine rings is 1. The summed E-state index contributed by atoms with van der Waals surface area (Å²) in [5, 5.41) is 0. The van der Waals surface area contributed by atoms with Gasteiger partial charge in [-0.15, -0.1) is 0 Å². The number of benzene rings is 1. The minimum atomic E-state index is 0.145. The first-order valence-electron chi connectivity index (χ1n) is 9.09. The first-order chi connectivity index (χ1) is 12.3. The highest BCUT2D eigenvalue weighted by molar-refractivity contribution is 5.79. The van der Waals surface area contributed by atoms with Crippen molar-refractivity contribution < 1.29 is 9.53 Å². The van der Waals surface area contributed by atoms with Crippen LogP contribution >= 0.6 is 0 Å². The fourth-order valence-electron chi connectivity index (χ4n) is 3.67. The first-order valence-corrected chi connectivity index (χ1v) is 9.09. The van der Waals surface area contributed by atoms with E-state index in [9.17, 15) is 4.79 Å². The molecule has 0 N–H and O–H groups in total. The van der Waals surface area contributed by atoms with Gasteiger partial charge in [0.2, 0.25) is 5.95 Å². The zero-order chi connectivity index (χ0) is 17.2. The number of ether oxygens (including phenoxy) is 1. The van der Waals surface area contributed by atoms with Crippen molar-refractivity contribution in [3.8, 4) is 0 Å². The third kappa shape index (κ3) is 3.04. The summed E-state index contributed by atoms with van der Waals surface area (Å²) in [5.41, 5.74) is 2.21. The van der Waals surface area contributed by atoms with Crippen LogP contribution in [0.5, 0.6) is 0 Å². The third-order valence-electron chi connectivity index (χ3n) is 5.07. The number of aryl methyl sites for hydroxylation is 1. The quantitative estimate of drug-likeness (QED) is 0.832. The number of carbonyl (C=O) groups is 1. The Kier molecular flexibility index (Phi) is 4.48. The van der Waals surface area contributed by atoms with Crippen molar-refractivity contribution in [3.05, 3.63) is 24.3 Å². The average molecular weight is 343 g/mol. The molecule has 0 spiro atoms. The Hall–Kier alpha value is -2.28. The molecule has 0 aliphatic carbocycles. The third-order valence-corrected chi connectivity index (χ3v) is 5.07. The van der Waals surface area contributed by atoms with Crippen LogP contribution in [0, 0.1) is 0 Å². The van der Waals surface area contributed by atoms with Gasteiger partial charge in [-0.25, -0.2) is 9.78 Å². The van der Waals surface area contributed by atoms with Gasteiger partial charge in [-0.2, -0.15) is 0 Å². The van der Waals surface area contributed by atoms with Crippen LogP contribution in [0.25, 0.3) is 11.0 Å². The van der Waals surface area contributed by atoms with Crippen LogP contribution < -0.4 is 4.90 Å². The second kappa shape index (κ2) is 6.92. The molecule has 25 heavy (non-hydrogen) atoms. The smallest absolute Gasteiger partial charge is 0.320 e. The Morgan fingerprint density at radius 1 is 1.04 bits per heavy atom. The number of nitrogens with zero attached hydrogens (tertiary/aromatic N) is 5. The van der Waals surface area contributed by atoms with Crippen LogP contribution in [-0.2, 0) is 11.3 Å². The fraction of sp³-hybridized carbons (Fsp3) is 0.556. The van der Waals surface area contributed by atoms with E-state index in [2.05, 4.69) is 34.6 Å². The molecule has 2 aromatic rings. The molecule has 2 aliphatic rings. The molecule has 4 rings (SSSR count). The van der Waals surface area contributed by atoms with Gasteiger partial charge in [-0.3, -0.25) is 0 Å². The summed E-state index contributed by atoms with van der Waals surface area (Å²) in [6.45, 7) is 8.84. The van der Waals surface area contributed by atoms with Gasteiger partial charge in [0.05, 0.1) is 24.2 Å². The van der Waals surface area contributed by atoms with Crippen LogP contribution in [0.3, 0.4) is 0 Å². The van der Waals surface area contributed by atoms with E-state index in [4.69, 9.17) is 9.72 Å². The van der Waals surface area contributed by atoms with E-state index in [1.807, 2.05) is 15.9 Å². The van der Waals surface area contributed by atoms with Crippen molar-refractivity contribution in [2.75, 3.05) is 57.4 Å². The summed E-state index contributed by atoms with van der Waals surface area (Å²) >= 11 is 0. The lowest BCUT2D eigenvalue weighted by atomic mass is 10.3. The number of morpholine rings is 1. The Bertz CT molecular complexity index is 745. The average Bonchev–Trinajstić information content (AvgIpc) is 3.07. The maximum absolute atomic E-state index is 12.6. The zero-order valence-electron chi connectivity index (χ0n) is 14.7. The van der Waals surface area contributed by atoms with E-state index in [-0.39, 0.29) is 6.03 Å². The zero-order valence-corrected chi connectivity index (χ0v) is 14.7. The lowest BCUT2D eigenvalue weighted by Gasteiger charge is -2.38. The standard InChI is InChI=1S/C18H25N5O2/c1-2-23-16-6-4-3-5-15(16)19-17(23)20-7-9-21(10-8-20)18(24)22-11-13-25-14-12-22/h3-6H,2,7-14H2,1H3. The molecule has 2 amide bonds. The van der Waals surface area contributed by atoms with E-state index in [1.54, 1.807) is 0 Å². The van der Waals surface area contributed by atoms with Gasteiger partial charge in [-0.05, 0) is 19.1 Å². The van der Waals surface area contributed by atoms with E-state index >= 15 is 0 Å². The molecular weight excluding hydrogens is 318 g/mol. The van der Waals surface area contributed by atoms with Crippen LogP contribution in [0.4, 0.5) is 10.7 Å². The molecule has 0 bridgehead atoms. The number of para-hydroxylation sites is 2. The first kappa shape index (κ1) is 16.2. The van der Waals surface area contributed by atoms with Gasteiger partial charge in [-0.1, -0.05) is 12.1 Å². The van der Waals surface area contributed by atoms with Crippen molar-refractivity contribution in [1.29, 1.82) is 0 Å². The molecule has 1 aromatic heterocycles. The van der Waals surface area contributed by atoms with E-state index in [0.29, 0.717) is 26.3 Å². The van der Waals surface area contributed by atoms with Gasteiger partial charge in [0.25, 0.3) is 0 Å². The van der Waals surface area contributed by atoms with E-state index in [0.717, 1.165) is 44.2 Å². The number of fused-ring (bicyclic) bond motifs is 1. The highest BCUT2D eigenvalue weighted by Gasteiger charge is 2.28. The van der Waals surface area contributed by atoms with E-state index in [1.165, 1.54) is 5.52 Å². The number of hydrogen-bond donors (Lipinski definition) is 0. The van der Waals surface area contributed by atoms with Crippen molar-refractivity contribution in [1.82, 2.24) is 19.4 Å². The topological polar surface area (TPSA) is 53.8 Å². The van der Waals surface area contributed by atoms with Crippen molar-refractivity contribution in [3.63, 3.8) is 0 Å². The Morgan fingerprint density at radius 2 is 1.72 bits per heavy atom. The molecule has 7 heteroatoms. The maximum atomic E-state index is 12.6. The van der Waals surface area contributed by atoms with Crippen LogP contribution in [0.2, 0.25) is 0 Å². The Balaban J connectivity index is 1.46. The van der Waals surface area contributed by atoms with Crippen LogP contribution in [0.15, 0.2) is 24.3 Å². The molecule has 3 heterocycles. The minimum Gasteiger partial charge on any atom is -0.378 e. The number of imidazole rings is 1. The molecule has 2 fully saturated rings. The largest absolute Gasteiger partial charge is 0.378 e. The Morgan fingerprint density at radius 3 is 2.44 bits per heavy atom. The fourth-order valence-corrected chi connectivity index (χ4v) is 3.67. The van der Waals surface area contributed by atoms with Crippen molar-refractivity contribution in [2.24, 2.45) is 0 Å². The molecule has 7 nitrogen and oxygen atoms in total. The molecule has 2 aliphatic heterocycles. The monoisotopic (exact) mass is 343 g/mol. The lowest BCUT2D eigenvalue weighted by molar-refractivity contribution is 0.0428. The molecule has 0 radical (unpaired) electrons. The number of rotatable bonds is 2. The van der Waals surface area contributed by atoms with Crippen LogP contribution in [-0.4, -0.2) is 77.9 Å². The number of anilines is 1. The van der Waals surface area contributed by atoms with Gasteiger partial charge >= 0.3 is 6.03 Å². The highest BCUT2D eigenvalue weighted by Crippen LogP contribution is 2.23. The summed E-state index contributed by atoms with van der Waals surface area (Å²) in [6, 6.07) is 8.40. The van der Waals surface area contributed by atoms with Gasteiger partial charge in [0, 0.05) is 45.8 Å². The van der Waals surface area contributed by atoms with Gasteiger partial charge < -0.3 is 24.0 Å².